The van der Waals surface area contributed by atoms with Crippen LogP contribution in [0.4, 0.5) is 15.8 Å². The van der Waals surface area contributed by atoms with Crippen molar-refractivity contribution < 1.29 is 9.31 Å². The van der Waals surface area contributed by atoms with Gasteiger partial charge in [0.25, 0.3) is 5.69 Å². The van der Waals surface area contributed by atoms with Crippen molar-refractivity contribution in [2.45, 2.75) is 6.54 Å². The maximum atomic E-state index is 13.3. The van der Waals surface area contributed by atoms with Crippen molar-refractivity contribution >= 4 is 46.2 Å². The lowest BCUT2D eigenvalue weighted by molar-refractivity contribution is -0.385. The van der Waals surface area contributed by atoms with Crippen LogP contribution in [0.3, 0.4) is 0 Å². The van der Waals surface area contributed by atoms with E-state index in [0.29, 0.717) is 11.3 Å². The predicted octanol–water partition coefficient (Wildman–Crippen LogP) is 5.31. The molecule has 0 aliphatic rings. The van der Waals surface area contributed by atoms with E-state index in [1.165, 1.54) is 24.3 Å². The minimum absolute atomic E-state index is 0.0777. The molecule has 1 N–H and O–H groups in total. The van der Waals surface area contributed by atoms with Crippen LogP contribution < -0.4 is 5.32 Å². The average molecular weight is 350 g/mol. The van der Waals surface area contributed by atoms with E-state index in [4.69, 9.17) is 34.8 Å². The number of nitro benzene ring substituents is 1. The lowest BCUT2D eigenvalue weighted by atomic mass is 10.1. The Labute approximate surface area is 134 Å². The molecule has 0 unspecified atom stereocenters. The Morgan fingerprint density at radius 2 is 1.76 bits per heavy atom. The van der Waals surface area contributed by atoms with Crippen molar-refractivity contribution in [3.63, 3.8) is 0 Å². The van der Waals surface area contributed by atoms with E-state index in [9.17, 15) is 14.5 Å². The van der Waals surface area contributed by atoms with E-state index in [2.05, 4.69) is 5.32 Å². The Balaban J connectivity index is 2.27. The summed E-state index contributed by atoms with van der Waals surface area (Å²) in [6.07, 6.45) is 0. The fraction of sp³-hybridized carbons (Fsp3) is 0.0769. The van der Waals surface area contributed by atoms with Crippen LogP contribution in [0.5, 0.6) is 0 Å². The van der Waals surface area contributed by atoms with Gasteiger partial charge in [-0.2, -0.15) is 0 Å². The van der Waals surface area contributed by atoms with Crippen LogP contribution in [-0.4, -0.2) is 4.92 Å². The summed E-state index contributed by atoms with van der Waals surface area (Å²) in [6, 6.07) is 7.08. The van der Waals surface area contributed by atoms with Gasteiger partial charge >= 0.3 is 0 Å². The first-order valence-corrected chi connectivity index (χ1v) is 6.83. The van der Waals surface area contributed by atoms with Crippen molar-refractivity contribution in [2.75, 3.05) is 5.32 Å². The van der Waals surface area contributed by atoms with Gasteiger partial charge in [0, 0.05) is 18.3 Å². The number of anilines is 1. The molecule has 4 nitrogen and oxygen atoms in total. The molecule has 0 radical (unpaired) electrons. The Morgan fingerprint density at radius 3 is 2.33 bits per heavy atom. The predicted molar refractivity (Wildman–Crippen MR) is 81.9 cm³/mol. The zero-order valence-electron chi connectivity index (χ0n) is 10.4. The number of hydrogen-bond donors (Lipinski definition) is 1. The highest BCUT2D eigenvalue weighted by Crippen LogP contribution is 2.30. The normalized spacial score (nSPS) is 10.5. The molecule has 2 rings (SSSR count). The summed E-state index contributed by atoms with van der Waals surface area (Å²) in [5.74, 6) is -0.715. The highest BCUT2D eigenvalue weighted by Gasteiger charge is 2.16. The van der Waals surface area contributed by atoms with Crippen molar-refractivity contribution in [3.05, 3.63) is 66.9 Å². The van der Waals surface area contributed by atoms with Crippen LogP contribution >= 0.6 is 34.8 Å². The van der Waals surface area contributed by atoms with Crippen LogP contribution in [0, 0.1) is 15.9 Å². The summed E-state index contributed by atoms with van der Waals surface area (Å²) in [6.45, 7) is 0.0777. The smallest absolute Gasteiger partial charge is 0.275 e. The van der Waals surface area contributed by atoms with Gasteiger partial charge in [-0.3, -0.25) is 10.1 Å². The second-order valence-electron chi connectivity index (χ2n) is 4.10. The van der Waals surface area contributed by atoms with Crippen molar-refractivity contribution in [1.29, 1.82) is 0 Å². The number of halogens is 4. The molecule has 2 aromatic rings. The third-order valence-electron chi connectivity index (χ3n) is 2.74. The van der Waals surface area contributed by atoms with Crippen molar-refractivity contribution in [2.24, 2.45) is 0 Å². The molecule has 0 saturated carbocycles. The van der Waals surface area contributed by atoms with E-state index in [1.54, 1.807) is 6.07 Å². The maximum Gasteiger partial charge on any atom is 0.275 e. The SMILES string of the molecule is O=[N+]([O-])c1cccc(Cl)c1CNc1cc(Cl)c(F)c(Cl)c1. The third kappa shape index (κ3) is 3.56. The molecular weight excluding hydrogens is 342 g/mol. The zero-order valence-corrected chi connectivity index (χ0v) is 12.6. The summed E-state index contributed by atoms with van der Waals surface area (Å²) in [5, 5.41) is 13.8. The van der Waals surface area contributed by atoms with Gasteiger partial charge in [0.2, 0.25) is 0 Å². The molecule has 0 aliphatic carbocycles. The van der Waals surface area contributed by atoms with Gasteiger partial charge in [0.05, 0.1) is 25.6 Å². The van der Waals surface area contributed by atoms with E-state index in [-0.39, 0.29) is 27.3 Å². The first-order chi connectivity index (χ1) is 9.90. The first-order valence-electron chi connectivity index (χ1n) is 5.70. The molecule has 0 amide bonds. The maximum absolute atomic E-state index is 13.3. The van der Waals surface area contributed by atoms with Crippen LogP contribution in [0.2, 0.25) is 15.1 Å². The molecule has 2 aromatic carbocycles. The molecule has 0 spiro atoms. The molecule has 0 bridgehead atoms. The van der Waals surface area contributed by atoms with Crippen LogP contribution in [0.1, 0.15) is 5.56 Å². The van der Waals surface area contributed by atoms with Gasteiger partial charge in [0.1, 0.15) is 0 Å². The number of nitrogens with zero attached hydrogens (tertiary/aromatic N) is 1. The molecule has 0 saturated heterocycles. The average Bonchev–Trinajstić information content (AvgIpc) is 2.42. The Bertz CT molecular complexity index is 687. The van der Waals surface area contributed by atoms with Gasteiger partial charge in [0.15, 0.2) is 5.82 Å². The van der Waals surface area contributed by atoms with E-state index >= 15 is 0 Å². The largest absolute Gasteiger partial charge is 0.381 e. The lowest BCUT2D eigenvalue weighted by Crippen LogP contribution is -2.04. The Kier molecular flexibility index (Phi) is 4.88. The summed E-state index contributed by atoms with van der Waals surface area (Å²) < 4.78 is 13.3. The first kappa shape index (κ1) is 15.8. The van der Waals surface area contributed by atoms with Gasteiger partial charge in [-0.25, -0.2) is 4.39 Å². The number of nitro groups is 1. The second kappa shape index (κ2) is 6.47. The monoisotopic (exact) mass is 348 g/mol. The lowest BCUT2D eigenvalue weighted by Gasteiger charge is -2.10. The van der Waals surface area contributed by atoms with Crippen LogP contribution in [0.15, 0.2) is 30.3 Å². The van der Waals surface area contributed by atoms with Gasteiger partial charge in [-0.05, 0) is 18.2 Å². The molecule has 110 valence electrons. The summed E-state index contributed by atoms with van der Waals surface area (Å²) >= 11 is 17.3. The minimum Gasteiger partial charge on any atom is -0.381 e. The third-order valence-corrected chi connectivity index (χ3v) is 3.65. The van der Waals surface area contributed by atoms with Crippen molar-refractivity contribution in [1.82, 2.24) is 0 Å². The number of nitrogens with one attached hydrogen (secondary N) is 1. The summed E-state index contributed by atoms with van der Waals surface area (Å²) in [7, 11) is 0. The Morgan fingerprint density at radius 1 is 1.14 bits per heavy atom. The number of benzene rings is 2. The van der Waals surface area contributed by atoms with E-state index in [1.807, 2.05) is 0 Å². The summed E-state index contributed by atoms with van der Waals surface area (Å²) in [5.41, 5.74) is 0.649. The van der Waals surface area contributed by atoms with E-state index < -0.39 is 10.7 Å². The molecule has 8 heteroatoms. The molecule has 0 fully saturated rings. The van der Waals surface area contributed by atoms with Gasteiger partial charge in [-0.1, -0.05) is 40.9 Å². The molecule has 0 aromatic heterocycles. The van der Waals surface area contributed by atoms with E-state index in [0.717, 1.165) is 0 Å². The number of hydrogen-bond acceptors (Lipinski definition) is 3. The highest BCUT2D eigenvalue weighted by molar-refractivity contribution is 6.35. The fourth-order valence-corrected chi connectivity index (χ4v) is 2.46. The molecule has 0 heterocycles. The molecule has 21 heavy (non-hydrogen) atoms. The van der Waals surface area contributed by atoms with Crippen molar-refractivity contribution in [3.8, 4) is 0 Å². The quantitative estimate of drug-likeness (QED) is 0.462. The second-order valence-corrected chi connectivity index (χ2v) is 5.32. The zero-order chi connectivity index (χ0) is 15.6. The van der Waals surface area contributed by atoms with Gasteiger partial charge in [-0.15, -0.1) is 0 Å². The van der Waals surface area contributed by atoms with Crippen LogP contribution in [0.25, 0.3) is 0 Å². The molecule has 0 atom stereocenters. The Hall–Kier alpha value is -1.56. The number of rotatable bonds is 4. The standard InChI is InChI=1S/C13H8Cl3FN2O2/c14-9-2-1-3-12(19(20)21)8(9)6-18-7-4-10(15)13(17)11(16)5-7/h1-5,18H,6H2. The fourth-order valence-electron chi connectivity index (χ4n) is 1.74. The summed E-state index contributed by atoms with van der Waals surface area (Å²) in [4.78, 5) is 10.4. The minimum atomic E-state index is -0.715. The van der Waals surface area contributed by atoms with Crippen LogP contribution in [-0.2, 0) is 6.54 Å². The highest BCUT2D eigenvalue weighted by atomic mass is 35.5. The van der Waals surface area contributed by atoms with Gasteiger partial charge < -0.3 is 5.32 Å². The molecule has 0 aliphatic heterocycles. The molecular formula is C13H8Cl3FN2O2. The topological polar surface area (TPSA) is 55.2 Å².